The molecule has 4 nitrogen and oxygen atoms in total. The molecule has 0 aromatic rings. The van der Waals surface area contributed by atoms with E-state index in [4.69, 9.17) is 8.23 Å². The van der Waals surface area contributed by atoms with Crippen molar-refractivity contribution in [3.8, 4) is 0 Å². The predicted octanol–water partition coefficient (Wildman–Crippen LogP) is 4.05. The van der Waals surface area contributed by atoms with E-state index in [-0.39, 0.29) is 0 Å². The lowest BCUT2D eigenvalue weighted by Crippen LogP contribution is -2.52. The Bertz CT molecular complexity index is 374. The highest BCUT2D eigenvalue weighted by Crippen LogP contribution is 2.24. The lowest BCUT2D eigenvalue weighted by atomic mass is 10.2. The van der Waals surface area contributed by atoms with Crippen LogP contribution in [0, 0.1) is 5.92 Å². The van der Waals surface area contributed by atoms with E-state index in [1.165, 1.54) is 18.5 Å². The Labute approximate surface area is 148 Å². The van der Waals surface area contributed by atoms with Gasteiger partial charge in [0, 0.05) is 0 Å². The average molecular weight is 393 g/mol. The third kappa shape index (κ3) is 9.10. The number of hydrogen-bond donors (Lipinski definition) is 2. The number of rotatable bonds is 0. The van der Waals surface area contributed by atoms with Crippen LogP contribution in [0.5, 0.6) is 0 Å². The largest absolute Gasteiger partial charge is 0.445 e. The molecule has 8 heteroatoms. The summed E-state index contributed by atoms with van der Waals surface area (Å²) in [5.41, 5.74) is 0. The Morgan fingerprint density at radius 1 is 0.783 bits per heavy atom. The zero-order chi connectivity index (χ0) is 17.9. The van der Waals surface area contributed by atoms with E-state index in [9.17, 15) is 0 Å². The molecule has 1 atom stereocenters. The van der Waals surface area contributed by atoms with Gasteiger partial charge in [-0.15, -0.1) is 0 Å². The van der Waals surface area contributed by atoms with Crippen LogP contribution < -0.4 is 9.96 Å². The molecule has 2 aliphatic heterocycles. The van der Waals surface area contributed by atoms with Gasteiger partial charge in [0.25, 0.3) is 17.0 Å². The van der Waals surface area contributed by atoms with Crippen molar-refractivity contribution in [3.05, 3.63) is 0 Å². The van der Waals surface area contributed by atoms with Crippen LogP contribution in [0.4, 0.5) is 0 Å². The summed E-state index contributed by atoms with van der Waals surface area (Å²) in [5, 5.41) is 0. The van der Waals surface area contributed by atoms with Crippen LogP contribution in [-0.4, -0.2) is 46.7 Å². The van der Waals surface area contributed by atoms with Gasteiger partial charge in [-0.05, 0) is 89.9 Å². The van der Waals surface area contributed by atoms with Gasteiger partial charge in [0.2, 0.25) is 0 Å². The average Bonchev–Trinajstić information content (AvgIpc) is 2.47. The standard InChI is InChI=1S/C8H21NOSi2.C7H19NOSi2/c1-8-6-9-12(4,5)10-11(2,3)7-8;1-10(2)7-5-6-8-11(3,4)9-10/h8-9H,6-7H2,1-5H3;8H,5-7H2,1-4H3. The first kappa shape index (κ1) is 21.7. The zero-order valence-electron chi connectivity index (χ0n) is 16.9. The van der Waals surface area contributed by atoms with Crippen LogP contribution in [0.15, 0.2) is 0 Å². The maximum Gasteiger partial charge on any atom is 0.251 e. The molecule has 0 amide bonds. The van der Waals surface area contributed by atoms with Crippen LogP contribution in [-0.2, 0) is 8.23 Å². The van der Waals surface area contributed by atoms with Crippen molar-refractivity contribution in [1.29, 1.82) is 0 Å². The van der Waals surface area contributed by atoms with Crippen LogP contribution in [0.25, 0.3) is 0 Å². The van der Waals surface area contributed by atoms with E-state index in [2.05, 4.69) is 69.3 Å². The maximum absolute atomic E-state index is 6.22. The molecule has 2 saturated heterocycles. The second kappa shape index (κ2) is 7.94. The third-order valence-electron chi connectivity index (χ3n) is 4.29. The molecule has 0 saturated carbocycles. The molecule has 138 valence electrons. The van der Waals surface area contributed by atoms with Crippen LogP contribution >= 0.6 is 0 Å². The number of nitrogens with one attached hydrogen (secondary N) is 2. The fraction of sp³-hybridized carbons (Fsp3) is 1.00. The zero-order valence-corrected chi connectivity index (χ0v) is 20.9. The fourth-order valence-electron chi connectivity index (χ4n) is 3.78. The highest BCUT2D eigenvalue weighted by Gasteiger charge is 2.37. The van der Waals surface area contributed by atoms with E-state index in [0.29, 0.717) is 0 Å². The first-order valence-electron chi connectivity index (χ1n) is 9.12. The van der Waals surface area contributed by atoms with Gasteiger partial charge in [0.15, 0.2) is 16.6 Å². The minimum absolute atomic E-state index is 0.793. The van der Waals surface area contributed by atoms with Crippen molar-refractivity contribution >= 4 is 33.6 Å². The molecule has 0 aliphatic carbocycles. The molecule has 0 aromatic carbocycles. The molecule has 0 spiro atoms. The van der Waals surface area contributed by atoms with E-state index in [0.717, 1.165) is 19.0 Å². The summed E-state index contributed by atoms with van der Waals surface area (Å²) in [4.78, 5) is 7.11. The van der Waals surface area contributed by atoms with E-state index in [1.54, 1.807) is 0 Å². The molecule has 0 radical (unpaired) electrons. The molecule has 2 N–H and O–H groups in total. The second-order valence-electron chi connectivity index (χ2n) is 9.46. The van der Waals surface area contributed by atoms with Crippen LogP contribution in [0.2, 0.25) is 64.5 Å². The van der Waals surface area contributed by atoms with Gasteiger partial charge in [0.05, 0.1) is 0 Å². The van der Waals surface area contributed by atoms with Gasteiger partial charge >= 0.3 is 0 Å². The highest BCUT2D eigenvalue weighted by molar-refractivity contribution is 6.84. The highest BCUT2D eigenvalue weighted by atomic mass is 28.4. The Kier molecular flexibility index (Phi) is 7.51. The lowest BCUT2D eigenvalue weighted by Gasteiger charge is -2.30. The normalized spacial score (nSPS) is 32.0. The molecule has 2 heterocycles. The third-order valence-corrected chi connectivity index (χ3v) is 18.2. The first-order valence-corrected chi connectivity index (χ1v) is 21.2. The smallest absolute Gasteiger partial charge is 0.251 e. The predicted molar refractivity (Wildman–Crippen MR) is 111 cm³/mol. The van der Waals surface area contributed by atoms with Gasteiger partial charge in [-0.2, -0.15) is 0 Å². The Morgan fingerprint density at radius 2 is 1.30 bits per heavy atom. The summed E-state index contributed by atoms with van der Waals surface area (Å²) in [6.45, 7) is 23.0. The maximum atomic E-state index is 6.22. The quantitative estimate of drug-likeness (QED) is 0.610. The monoisotopic (exact) mass is 392 g/mol. The Balaban J connectivity index is 0.000000231. The molecule has 0 bridgehead atoms. The molecule has 23 heavy (non-hydrogen) atoms. The summed E-state index contributed by atoms with van der Waals surface area (Å²) >= 11 is 0. The van der Waals surface area contributed by atoms with Gasteiger partial charge < -0.3 is 18.2 Å². The van der Waals surface area contributed by atoms with Crippen LogP contribution in [0.3, 0.4) is 0 Å². The fourth-order valence-corrected chi connectivity index (χ4v) is 20.6. The molecule has 1 unspecified atom stereocenters. The Morgan fingerprint density at radius 3 is 1.91 bits per heavy atom. The van der Waals surface area contributed by atoms with Crippen molar-refractivity contribution in [3.63, 3.8) is 0 Å². The van der Waals surface area contributed by atoms with Crippen molar-refractivity contribution in [2.75, 3.05) is 13.1 Å². The summed E-state index contributed by atoms with van der Waals surface area (Å²) in [5.74, 6) is 0.793. The second-order valence-corrected chi connectivity index (χ2v) is 25.8. The van der Waals surface area contributed by atoms with Gasteiger partial charge in [-0.3, -0.25) is 0 Å². The molecule has 2 fully saturated rings. The summed E-state index contributed by atoms with van der Waals surface area (Å²) in [7, 11) is -5.59. The minimum Gasteiger partial charge on any atom is -0.445 e. The van der Waals surface area contributed by atoms with Crippen LogP contribution in [0.1, 0.15) is 13.3 Å². The van der Waals surface area contributed by atoms with E-state index >= 15 is 0 Å². The van der Waals surface area contributed by atoms with Gasteiger partial charge in [-0.1, -0.05) is 6.92 Å². The molecule has 2 rings (SSSR count). The van der Waals surface area contributed by atoms with Crippen molar-refractivity contribution in [1.82, 2.24) is 9.96 Å². The van der Waals surface area contributed by atoms with Gasteiger partial charge in [0.1, 0.15) is 0 Å². The molecule has 2 aliphatic rings. The van der Waals surface area contributed by atoms with E-state index < -0.39 is 33.6 Å². The molecular weight excluding hydrogens is 353 g/mol. The summed E-state index contributed by atoms with van der Waals surface area (Å²) < 4.78 is 12.4. The SMILES string of the molecule is CC1CN[Si](C)(C)O[Si](C)(C)C1.C[Si]1(C)CCCN[Si](C)(C)O1. The van der Waals surface area contributed by atoms with Crippen molar-refractivity contribution in [2.24, 2.45) is 5.92 Å². The molecule has 0 aromatic heterocycles. The van der Waals surface area contributed by atoms with Gasteiger partial charge in [-0.25, -0.2) is 0 Å². The molecular formula is C15H40N2O2Si4. The lowest BCUT2D eigenvalue weighted by molar-refractivity contribution is 0.534. The minimum atomic E-state index is -1.51. The van der Waals surface area contributed by atoms with Crippen molar-refractivity contribution in [2.45, 2.75) is 77.8 Å². The summed E-state index contributed by atoms with van der Waals surface area (Å²) in [6, 6.07) is 2.62. The van der Waals surface area contributed by atoms with E-state index in [1.807, 2.05) is 0 Å². The summed E-state index contributed by atoms with van der Waals surface area (Å²) in [6.07, 6.45) is 1.30. The Hall–Kier alpha value is 0.708. The number of hydrogen-bond acceptors (Lipinski definition) is 4. The van der Waals surface area contributed by atoms with Crippen molar-refractivity contribution < 1.29 is 8.23 Å². The first-order chi connectivity index (χ1) is 10.2. The topological polar surface area (TPSA) is 42.5 Å².